The van der Waals surface area contributed by atoms with Crippen molar-refractivity contribution in [1.82, 2.24) is 14.8 Å². The Kier molecular flexibility index (Phi) is 3.80. The van der Waals surface area contributed by atoms with Gasteiger partial charge in [0, 0.05) is 17.1 Å². The highest BCUT2D eigenvalue weighted by Crippen LogP contribution is 2.44. The highest BCUT2D eigenvalue weighted by molar-refractivity contribution is 8.00. The number of fused-ring (bicyclic) bond motifs is 2. The van der Waals surface area contributed by atoms with Crippen molar-refractivity contribution in [3.05, 3.63) is 53.9 Å². The Hall–Kier alpha value is -2.34. The Morgan fingerprint density at radius 2 is 2.00 bits per heavy atom. The summed E-state index contributed by atoms with van der Waals surface area (Å²) >= 11 is 1.62. The van der Waals surface area contributed by atoms with Crippen LogP contribution in [0.5, 0.6) is 0 Å². The minimum atomic E-state index is -0.211. The van der Waals surface area contributed by atoms with Gasteiger partial charge in [-0.1, -0.05) is 24.3 Å². The second kappa shape index (κ2) is 5.88. The number of benzene rings is 1. The van der Waals surface area contributed by atoms with E-state index in [0.717, 1.165) is 27.8 Å². The SMILES string of the molecule is CC(C)(C)n1ncc2c1NC(=O)CS[C@@H]2c1cccc2cccnc12. The van der Waals surface area contributed by atoms with Crippen LogP contribution in [-0.2, 0) is 10.3 Å². The van der Waals surface area contributed by atoms with Crippen LogP contribution in [0.3, 0.4) is 0 Å². The molecule has 0 aliphatic carbocycles. The molecule has 0 bridgehead atoms. The third-order valence-corrected chi connectivity index (χ3v) is 5.57. The number of nitrogens with one attached hydrogen (secondary N) is 1. The van der Waals surface area contributed by atoms with Gasteiger partial charge in [-0.2, -0.15) is 5.10 Å². The number of carbonyl (C=O) groups excluding carboxylic acids is 1. The smallest absolute Gasteiger partial charge is 0.235 e. The molecule has 3 aromatic rings. The van der Waals surface area contributed by atoms with E-state index in [0.29, 0.717) is 5.75 Å². The summed E-state index contributed by atoms with van der Waals surface area (Å²) in [5.41, 5.74) is 2.92. The first kappa shape index (κ1) is 16.1. The first-order valence-corrected chi connectivity index (χ1v) is 9.33. The average molecular weight is 352 g/mol. The zero-order chi connectivity index (χ0) is 17.6. The largest absolute Gasteiger partial charge is 0.310 e. The van der Waals surface area contributed by atoms with Crippen molar-refractivity contribution in [2.75, 3.05) is 11.1 Å². The minimum Gasteiger partial charge on any atom is -0.310 e. The first-order chi connectivity index (χ1) is 11.9. The maximum absolute atomic E-state index is 12.3. The third kappa shape index (κ3) is 2.80. The highest BCUT2D eigenvalue weighted by Gasteiger charge is 2.31. The number of carbonyl (C=O) groups is 1. The molecule has 4 rings (SSSR count). The highest BCUT2D eigenvalue weighted by atomic mass is 32.2. The van der Waals surface area contributed by atoms with E-state index in [2.05, 4.69) is 54.4 Å². The van der Waals surface area contributed by atoms with E-state index in [-0.39, 0.29) is 16.7 Å². The summed E-state index contributed by atoms with van der Waals surface area (Å²) in [6, 6.07) is 10.2. The fourth-order valence-corrected chi connectivity index (χ4v) is 4.31. The zero-order valence-corrected chi connectivity index (χ0v) is 15.3. The standard InChI is InChI=1S/C19H20N4OS/c1-19(2,3)23-18-14(10-21-23)17(25-11-15(24)22-18)13-8-4-6-12-7-5-9-20-16(12)13/h4-10,17H,11H2,1-3H3,(H,22,24)/t17-/m1/s1. The van der Waals surface area contributed by atoms with Crippen molar-refractivity contribution >= 4 is 34.4 Å². The second-order valence-electron chi connectivity index (χ2n) is 7.19. The summed E-state index contributed by atoms with van der Waals surface area (Å²) in [6.07, 6.45) is 3.70. The van der Waals surface area contributed by atoms with Gasteiger partial charge in [0.05, 0.1) is 28.3 Å². The van der Waals surface area contributed by atoms with E-state index in [1.807, 2.05) is 29.2 Å². The van der Waals surface area contributed by atoms with E-state index in [9.17, 15) is 4.79 Å². The van der Waals surface area contributed by atoms with Crippen LogP contribution in [0.4, 0.5) is 5.82 Å². The summed E-state index contributed by atoms with van der Waals surface area (Å²) < 4.78 is 1.90. The molecule has 0 saturated heterocycles. The molecular weight excluding hydrogens is 332 g/mol. The number of thioether (sulfide) groups is 1. The van der Waals surface area contributed by atoms with Crippen LogP contribution in [-0.4, -0.2) is 26.4 Å². The average Bonchev–Trinajstić information content (AvgIpc) is 2.92. The van der Waals surface area contributed by atoms with E-state index >= 15 is 0 Å². The van der Waals surface area contributed by atoms with Crippen LogP contribution in [0, 0.1) is 0 Å². The second-order valence-corrected chi connectivity index (χ2v) is 8.29. The fraction of sp³-hybridized carbons (Fsp3) is 0.316. The lowest BCUT2D eigenvalue weighted by Crippen LogP contribution is -2.27. The molecule has 25 heavy (non-hydrogen) atoms. The van der Waals surface area contributed by atoms with Crippen LogP contribution in [0.1, 0.15) is 37.1 Å². The van der Waals surface area contributed by atoms with Gasteiger partial charge in [0.25, 0.3) is 0 Å². The van der Waals surface area contributed by atoms with Crippen molar-refractivity contribution < 1.29 is 4.79 Å². The number of hydrogen-bond acceptors (Lipinski definition) is 4. The van der Waals surface area contributed by atoms with Crippen LogP contribution in [0.15, 0.2) is 42.7 Å². The predicted molar refractivity (Wildman–Crippen MR) is 102 cm³/mol. The zero-order valence-electron chi connectivity index (χ0n) is 14.5. The Morgan fingerprint density at radius 3 is 2.80 bits per heavy atom. The summed E-state index contributed by atoms with van der Waals surface area (Å²) in [5, 5.41) is 8.74. The number of rotatable bonds is 1. The first-order valence-electron chi connectivity index (χ1n) is 8.28. The molecule has 5 nitrogen and oxygen atoms in total. The molecule has 3 heterocycles. The molecule has 128 valence electrons. The molecule has 0 spiro atoms. The number of anilines is 1. The molecule has 1 atom stereocenters. The summed E-state index contributed by atoms with van der Waals surface area (Å²) in [7, 11) is 0. The molecule has 1 aliphatic rings. The predicted octanol–water partition coefficient (Wildman–Crippen LogP) is 3.96. The molecule has 0 radical (unpaired) electrons. The summed E-state index contributed by atoms with van der Waals surface area (Å²) in [4.78, 5) is 16.9. The number of pyridine rings is 1. The van der Waals surface area contributed by atoms with Gasteiger partial charge < -0.3 is 5.32 Å². The molecule has 0 fully saturated rings. The number of hydrogen-bond donors (Lipinski definition) is 1. The normalized spacial score (nSPS) is 17.9. The Balaban J connectivity index is 1.92. The molecule has 0 saturated carbocycles. The van der Waals surface area contributed by atoms with Crippen LogP contribution < -0.4 is 5.32 Å². The van der Waals surface area contributed by atoms with E-state index < -0.39 is 0 Å². The quantitative estimate of drug-likeness (QED) is 0.720. The van der Waals surface area contributed by atoms with E-state index in [4.69, 9.17) is 0 Å². The van der Waals surface area contributed by atoms with Gasteiger partial charge in [-0.15, -0.1) is 11.8 Å². The van der Waals surface area contributed by atoms with Crippen LogP contribution in [0.2, 0.25) is 0 Å². The molecule has 0 unspecified atom stereocenters. The molecule has 1 amide bonds. The minimum absolute atomic E-state index is 0.00736. The van der Waals surface area contributed by atoms with Crippen molar-refractivity contribution in [3.63, 3.8) is 0 Å². The number of para-hydroxylation sites is 1. The molecule has 1 N–H and O–H groups in total. The van der Waals surface area contributed by atoms with Gasteiger partial charge in [0.1, 0.15) is 5.82 Å². The summed E-state index contributed by atoms with van der Waals surface area (Å²) in [5.74, 6) is 1.21. The third-order valence-electron chi connectivity index (χ3n) is 4.30. The van der Waals surface area contributed by atoms with Gasteiger partial charge in [0.2, 0.25) is 5.91 Å². The summed E-state index contributed by atoms with van der Waals surface area (Å²) in [6.45, 7) is 6.25. The Morgan fingerprint density at radius 1 is 1.20 bits per heavy atom. The molecular formula is C19H20N4OS. The van der Waals surface area contributed by atoms with E-state index in [1.165, 1.54) is 0 Å². The van der Waals surface area contributed by atoms with Crippen molar-refractivity contribution in [2.24, 2.45) is 0 Å². The lowest BCUT2D eigenvalue weighted by Gasteiger charge is -2.23. The van der Waals surface area contributed by atoms with Crippen molar-refractivity contribution in [1.29, 1.82) is 0 Å². The van der Waals surface area contributed by atoms with Crippen LogP contribution in [0.25, 0.3) is 10.9 Å². The lowest BCUT2D eigenvalue weighted by atomic mass is 10.0. The Bertz CT molecular complexity index is 952. The monoisotopic (exact) mass is 352 g/mol. The maximum atomic E-state index is 12.3. The van der Waals surface area contributed by atoms with Gasteiger partial charge in [-0.05, 0) is 32.4 Å². The number of nitrogens with zero attached hydrogens (tertiary/aromatic N) is 3. The molecule has 2 aromatic heterocycles. The molecule has 1 aromatic carbocycles. The van der Waals surface area contributed by atoms with Crippen molar-refractivity contribution in [3.8, 4) is 0 Å². The molecule has 1 aliphatic heterocycles. The fourth-order valence-electron chi connectivity index (χ4n) is 3.20. The van der Waals surface area contributed by atoms with Crippen LogP contribution >= 0.6 is 11.8 Å². The van der Waals surface area contributed by atoms with E-state index in [1.54, 1.807) is 11.8 Å². The number of amides is 1. The lowest BCUT2D eigenvalue weighted by molar-refractivity contribution is -0.113. The van der Waals surface area contributed by atoms with Gasteiger partial charge in [-0.25, -0.2) is 4.68 Å². The van der Waals surface area contributed by atoms with Gasteiger partial charge >= 0.3 is 0 Å². The Labute approximate surface area is 150 Å². The van der Waals surface area contributed by atoms with Gasteiger partial charge in [0.15, 0.2) is 0 Å². The molecule has 6 heteroatoms. The number of aromatic nitrogens is 3. The van der Waals surface area contributed by atoms with Crippen molar-refractivity contribution in [2.45, 2.75) is 31.6 Å². The topological polar surface area (TPSA) is 59.8 Å². The maximum Gasteiger partial charge on any atom is 0.235 e. The van der Waals surface area contributed by atoms with Gasteiger partial charge in [-0.3, -0.25) is 9.78 Å².